The summed E-state index contributed by atoms with van der Waals surface area (Å²) in [6.07, 6.45) is 0.271. The van der Waals surface area contributed by atoms with E-state index in [4.69, 9.17) is 4.74 Å². The Morgan fingerprint density at radius 3 is 2.52 bits per heavy atom. The van der Waals surface area contributed by atoms with E-state index in [1.54, 1.807) is 26.0 Å². The molecule has 1 amide bonds. The molecular weight excluding hydrogens is 374 g/mol. The molecule has 0 spiro atoms. The van der Waals surface area contributed by atoms with Gasteiger partial charge in [-0.25, -0.2) is 8.42 Å². The molecular formula is C17H19N3O6S. The summed E-state index contributed by atoms with van der Waals surface area (Å²) in [5.74, 6) is -0.0560. The SMILES string of the molecule is CCC(=O)Nc1ccc(C)c(NS(=O)(=O)c2ccc(OC)cc2[N+](=O)[O-])c1. The van der Waals surface area contributed by atoms with Crippen molar-refractivity contribution in [1.82, 2.24) is 0 Å². The average molecular weight is 393 g/mol. The van der Waals surface area contributed by atoms with E-state index in [1.807, 2.05) is 0 Å². The summed E-state index contributed by atoms with van der Waals surface area (Å²) in [6, 6.07) is 8.20. The average Bonchev–Trinajstić information content (AvgIpc) is 2.63. The van der Waals surface area contributed by atoms with E-state index < -0.39 is 25.5 Å². The van der Waals surface area contributed by atoms with E-state index >= 15 is 0 Å². The third-order valence-electron chi connectivity index (χ3n) is 3.74. The lowest BCUT2D eigenvalue weighted by Gasteiger charge is -2.13. The van der Waals surface area contributed by atoms with Crippen molar-refractivity contribution in [2.75, 3.05) is 17.1 Å². The van der Waals surface area contributed by atoms with Crippen LogP contribution in [0.15, 0.2) is 41.3 Å². The van der Waals surface area contributed by atoms with Crippen LogP contribution in [0.3, 0.4) is 0 Å². The molecule has 0 bridgehead atoms. The van der Waals surface area contributed by atoms with Crippen LogP contribution >= 0.6 is 0 Å². The molecule has 0 aliphatic carbocycles. The van der Waals surface area contributed by atoms with Gasteiger partial charge in [-0.1, -0.05) is 13.0 Å². The number of nitrogens with zero attached hydrogens (tertiary/aromatic N) is 1. The molecule has 0 heterocycles. The van der Waals surface area contributed by atoms with Gasteiger partial charge in [-0.05, 0) is 36.8 Å². The van der Waals surface area contributed by atoms with Crippen LogP contribution in [0.1, 0.15) is 18.9 Å². The Balaban J connectivity index is 2.43. The highest BCUT2D eigenvalue weighted by atomic mass is 32.2. The maximum atomic E-state index is 12.7. The van der Waals surface area contributed by atoms with Gasteiger partial charge in [0.25, 0.3) is 15.7 Å². The van der Waals surface area contributed by atoms with Crippen molar-refractivity contribution in [3.05, 3.63) is 52.1 Å². The second-order valence-electron chi connectivity index (χ2n) is 5.63. The fourth-order valence-corrected chi connectivity index (χ4v) is 3.53. The fourth-order valence-electron chi connectivity index (χ4n) is 2.25. The van der Waals surface area contributed by atoms with Crippen molar-refractivity contribution >= 4 is 33.0 Å². The van der Waals surface area contributed by atoms with Gasteiger partial charge < -0.3 is 10.1 Å². The first kappa shape index (κ1) is 20.2. The molecule has 144 valence electrons. The Hall–Kier alpha value is -3.14. The summed E-state index contributed by atoms with van der Waals surface area (Å²) in [7, 11) is -2.92. The summed E-state index contributed by atoms with van der Waals surface area (Å²) in [6.45, 7) is 3.36. The number of aryl methyl sites for hydroxylation is 1. The minimum atomic E-state index is -4.25. The number of sulfonamides is 1. The largest absolute Gasteiger partial charge is 0.497 e. The molecule has 10 heteroatoms. The van der Waals surface area contributed by atoms with Crippen LogP contribution in [0.4, 0.5) is 17.1 Å². The van der Waals surface area contributed by atoms with Crippen LogP contribution in [0.5, 0.6) is 5.75 Å². The number of nitro groups is 1. The number of carbonyl (C=O) groups excluding carboxylic acids is 1. The van der Waals surface area contributed by atoms with E-state index in [9.17, 15) is 23.3 Å². The number of carbonyl (C=O) groups is 1. The van der Waals surface area contributed by atoms with Gasteiger partial charge in [0.2, 0.25) is 5.91 Å². The molecule has 0 radical (unpaired) electrons. The number of hydrogen-bond donors (Lipinski definition) is 2. The van der Waals surface area contributed by atoms with Crippen LogP contribution < -0.4 is 14.8 Å². The van der Waals surface area contributed by atoms with Crippen molar-refractivity contribution in [1.29, 1.82) is 0 Å². The molecule has 0 aromatic heterocycles. The first-order valence-electron chi connectivity index (χ1n) is 7.93. The minimum absolute atomic E-state index is 0.168. The fraction of sp³-hybridized carbons (Fsp3) is 0.235. The molecule has 0 aliphatic rings. The smallest absolute Gasteiger partial charge is 0.293 e. The van der Waals surface area contributed by atoms with E-state index in [0.29, 0.717) is 11.3 Å². The van der Waals surface area contributed by atoms with Crippen molar-refractivity contribution in [3.8, 4) is 5.75 Å². The molecule has 0 atom stereocenters. The summed E-state index contributed by atoms with van der Waals surface area (Å²) in [5, 5.41) is 13.9. The highest BCUT2D eigenvalue weighted by molar-refractivity contribution is 7.92. The maximum Gasteiger partial charge on any atom is 0.293 e. The number of amides is 1. The van der Waals surface area contributed by atoms with Gasteiger partial charge in [0, 0.05) is 12.1 Å². The summed E-state index contributed by atoms with van der Waals surface area (Å²) in [5.41, 5.74) is 0.600. The van der Waals surface area contributed by atoms with E-state index in [-0.39, 0.29) is 23.8 Å². The summed E-state index contributed by atoms with van der Waals surface area (Å²) in [4.78, 5) is 21.5. The van der Waals surface area contributed by atoms with Crippen LogP contribution in [-0.2, 0) is 14.8 Å². The van der Waals surface area contributed by atoms with Gasteiger partial charge in [-0.15, -0.1) is 0 Å². The molecule has 0 saturated heterocycles. The second-order valence-corrected chi connectivity index (χ2v) is 7.28. The van der Waals surface area contributed by atoms with Gasteiger partial charge in [-0.2, -0.15) is 0 Å². The Morgan fingerprint density at radius 2 is 1.93 bits per heavy atom. The van der Waals surface area contributed by atoms with Crippen LogP contribution in [0, 0.1) is 17.0 Å². The normalized spacial score (nSPS) is 10.9. The highest BCUT2D eigenvalue weighted by Gasteiger charge is 2.27. The maximum absolute atomic E-state index is 12.7. The predicted octanol–water partition coefficient (Wildman–Crippen LogP) is 3.06. The standard InChI is InChI=1S/C17H19N3O6S/c1-4-17(21)18-12-6-5-11(2)14(9-12)19-27(24,25)16-8-7-13(26-3)10-15(16)20(22)23/h5-10,19H,4H2,1-3H3,(H,18,21). The van der Waals surface area contributed by atoms with E-state index in [2.05, 4.69) is 10.0 Å². The third-order valence-corrected chi connectivity index (χ3v) is 5.15. The quantitative estimate of drug-likeness (QED) is 0.550. The lowest BCUT2D eigenvalue weighted by molar-refractivity contribution is -0.387. The number of benzene rings is 2. The zero-order valence-corrected chi connectivity index (χ0v) is 15.8. The van der Waals surface area contributed by atoms with Gasteiger partial charge in [0.15, 0.2) is 4.90 Å². The molecule has 2 aromatic rings. The topological polar surface area (TPSA) is 128 Å². The number of anilines is 2. The van der Waals surface area contributed by atoms with Crippen LogP contribution in [0.25, 0.3) is 0 Å². The molecule has 0 unspecified atom stereocenters. The lowest BCUT2D eigenvalue weighted by Crippen LogP contribution is -2.16. The van der Waals surface area contributed by atoms with Gasteiger partial charge in [-0.3, -0.25) is 19.6 Å². The van der Waals surface area contributed by atoms with Crippen LogP contribution in [0.2, 0.25) is 0 Å². The van der Waals surface area contributed by atoms with Crippen molar-refractivity contribution < 1.29 is 22.9 Å². The Labute approximate surface area is 156 Å². The van der Waals surface area contributed by atoms with Gasteiger partial charge in [0.1, 0.15) is 5.75 Å². The third kappa shape index (κ3) is 4.73. The predicted molar refractivity (Wildman–Crippen MR) is 101 cm³/mol. The molecule has 0 saturated carbocycles. The Bertz CT molecular complexity index is 988. The zero-order valence-electron chi connectivity index (χ0n) is 15.0. The number of rotatable bonds is 7. The van der Waals surface area contributed by atoms with Gasteiger partial charge >= 0.3 is 0 Å². The summed E-state index contributed by atoms with van der Waals surface area (Å²) >= 11 is 0. The minimum Gasteiger partial charge on any atom is -0.497 e. The molecule has 0 fully saturated rings. The van der Waals surface area contributed by atoms with Crippen LogP contribution in [-0.4, -0.2) is 26.4 Å². The molecule has 0 aliphatic heterocycles. The first-order chi connectivity index (χ1) is 12.7. The molecule has 27 heavy (non-hydrogen) atoms. The first-order valence-corrected chi connectivity index (χ1v) is 9.42. The van der Waals surface area contributed by atoms with Gasteiger partial charge in [0.05, 0.1) is 23.8 Å². The molecule has 2 aromatic carbocycles. The number of ether oxygens (including phenoxy) is 1. The summed E-state index contributed by atoms with van der Waals surface area (Å²) < 4.78 is 32.7. The van der Waals surface area contributed by atoms with E-state index in [1.165, 1.54) is 19.2 Å². The molecule has 2 N–H and O–H groups in total. The number of nitro benzene ring substituents is 1. The lowest BCUT2D eigenvalue weighted by atomic mass is 10.2. The van der Waals surface area contributed by atoms with Crippen molar-refractivity contribution in [2.24, 2.45) is 0 Å². The highest BCUT2D eigenvalue weighted by Crippen LogP contribution is 2.31. The number of nitrogens with one attached hydrogen (secondary N) is 2. The Morgan fingerprint density at radius 1 is 1.22 bits per heavy atom. The van der Waals surface area contributed by atoms with E-state index in [0.717, 1.165) is 12.1 Å². The molecule has 9 nitrogen and oxygen atoms in total. The monoisotopic (exact) mass is 393 g/mol. The Kier molecular flexibility index (Phi) is 6.01. The van der Waals surface area contributed by atoms with Crippen molar-refractivity contribution in [3.63, 3.8) is 0 Å². The number of hydrogen-bond acceptors (Lipinski definition) is 6. The number of methoxy groups -OCH3 is 1. The zero-order chi connectivity index (χ0) is 20.2. The second kappa shape index (κ2) is 8.04. The molecule has 2 rings (SSSR count). The van der Waals surface area contributed by atoms with Crippen molar-refractivity contribution in [2.45, 2.75) is 25.2 Å².